The Kier molecular flexibility index (Phi) is 5.25. The van der Waals surface area contributed by atoms with Crippen molar-refractivity contribution in [2.45, 2.75) is 19.3 Å². The Bertz CT molecular complexity index is 256. The van der Waals surface area contributed by atoms with E-state index in [-0.39, 0.29) is 18.4 Å². The van der Waals surface area contributed by atoms with Gasteiger partial charge in [-0.3, -0.25) is 9.59 Å². The van der Waals surface area contributed by atoms with E-state index in [2.05, 4.69) is 5.32 Å². The van der Waals surface area contributed by atoms with Crippen LogP contribution in [-0.4, -0.2) is 61.9 Å². The highest BCUT2D eigenvalue weighted by Crippen LogP contribution is 2.09. The van der Waals surface area contributed by atoms with E-state index in [1.165, 1.54) is 0 Å². The van der Waals surface area contributed by atoms with Gasteiger partial charge >= 0.3 is 0 Å². The number of likely N-dealkylation sites (N-methyl/N-ethyl adjacent to an activating group) is 1. The molecule has 5 heteroatoms. The van der Waals surface area contributed by atoms with Crippen molar-refractivity contribution < 1.29 is 9.59 Å². The Morgan fingerprint density at radius 2 is 2.31 bits per heavy atom. The minimum absolute atomic E-state index is 0.0337. The lowest BCUT2D eigenvalue weighted by Crippen LogP contribution is -2.39. The zero-order valence-corrected chi connectivity index (χ0v) is 10.2. The van der Waals surface area contributed by atoms with Crippen molar-refractivity contribution in [1.82, 2.24) is 15.1 Å². The summed E-state index contributed by atoms with van der Waals surface area (Å²) in [6.45, 7) is 2.62. The summed E-state index contributed by atoms with van der Waals surface area (Å²) in [5, 5.41) is 3.04. The Labute approximate surface area is 96.8 Å². The second kappa shape index (κ2) is 6.48. The smallest absolute Gasteiger partial charge is 0.241 e. The molecule has 5 nitrogen and oxygen atoms in total. The predicted molar refractivity (Wildman–Crippen MR) is 62.0 cm³/mol. The van der Waals surface area contributed by atoms with Gasteiger partial charge in [-0.25, -0.2) is 0 Å². The SMILES string of the molecule is CNCCCN(C)C(=O)CN1CCCC1=O. The topological polar surface area (TPSA) is 52.7 Å². The Morgan fingerprint density at radius 3 is 2.88 bits per heavy atom. The summed E-state index contributed by atoms with van der Waals surface area (Å²) < 4.78 is 0. The maximum Gasteiger partial charge on any atom is 0.241 e. The molecule has 2 amide bonds. The molecule has 0 aromatic heterocycles. The second-order valence-corrected chi connectivity index (χ2v) is 4.19. The Hall–Kier alpha value is -1.10. The van der Waals surface area contributed by atoms with Gasteiger partial charge in [-0.05, 0) is 26.4 Å². The molecule has 1 N–H and O–H groups in total. The number of nitrogens with zero attached hydrogens (tertiary/aromatic N) is 2. The summed E-state index contributed by atoms with van der Waals surface area (Å²) in [4.78, 5) is 26.4. The molecule has 0 aromatic carbocycles. The molecule has 16 heavy (non-hydrogen) atoms. The van der Waals surface area contributed by atoms with Gasteiger partial charge in [0.05, 0.1) is 6.54 Å². The van der Waals surface area contributed by atoms with Gasteiger partial charge in [0.15, 0.2) is 0 Å². The monoisotopic (exact) mass is 227 g/mol. The molecule has 1 aliphatic heterocycles. The fourth-order valence-corrected chi connectivity index (χ4v) is 1.77. The first-order valence-corrected chi connectivity index (χ1v) is 5.81. The highest BCUT2D eigenvalue weighted by Gasteiger charge is 2.23. The number of amides is 2. The van der Waals surface area contributed by atoms with Gasteiger partial charge in [-0.15, -0.1) is 0 Å². The van der Waals surface area contributed by atoms with Gasteiger partial charge in [-0.1, -0.05) is 0 Å². The zero-order chi connectivity index (χ0) is 12.0. The molecule has 1 fully saturated rings. The molecule has 92 valence electrons. The van der Waals surface area contributed by atoms with Gasteiger partial charge in [0.2, 0.25) is 11.8 Å². The maximum atomic E-state index is 11.8. The van der Waals surface area contributed by atoms with Gasteiger partial charge in [0.1, 0.15) is 0 Å². The number of carbonyl (C=O) groups is 2. The molecular formula is C11H21N3O2. The molecule has 1 rings (SSSR count). The lowest BCUT2D eigenvalue weighted by molar-refractivity contribution is -0.137. The van der Waals surface area contributed by atoms with Crippen LogP contribution in [0.25, 0.3) is 0 Å². The third-order valence-electron chi connectivity index (χ3n) is 2.84. The number of hydrogen-bond acceptors (Lipinski definition) is 3. The fraction of sp³-hybridized carbons (Fsp3) is 0.818. The van der Waals surface area contributed by atoms with Crippen LogP contribution in [0, 0.1) is 0 Å². The quantitative estimate of drug-likeness (QED) is 0.633. The number of nitrogens with one attached hydrogen (secondary N) is 1. The molecule has 1 aliphatic rings. The summed E-state index contributed by atoms with van der Waals surface area (Å²) in [6.07, 6.45) is 2.42. The van der Waals surface area contributed by atoms with E-state index >= 15 is 0 Å². The van der Waals surface area contributed by atoms with Crippen molar-refractivity contribution in [3.8, 4) is 0 Å². The van der Waals surface area contributed by atoms with Crippen molar-refractivity contribution >= 4 is 11.8 Å². The average molecular weight is 227 g/mol. The zero-order valence-electron chi connectivity index (χ0n) is 10.2. The molecule has 0 unspecified atom stereocenters. The molecule has 0 bridgehead atoms. The van der Waals surface area contributed by atoms with Crippen LogP contribution in [-0.2, 0) is 9.59 Å². The molecule has 0 atom stereocenters. The summed E-state index contributed by atoms with van der Waals surface area (Å²) in [5.41, 5.74) is 0. The predicted octanol–water partition coefficient (Wildman–Crippen LogP) is -0.323. The molecule has 0 radical (unpaired) electrons. The van der Waals surface area contributed by atoms with Crippen LogP contribution in [0.4, 0.5) is 0 Å². The van der Waals surface area contributed by atoms with Crippen LogP contribution in [0.1, 0.15) is 19.3 Å². The first-order chi connectivity index (χ1) is 7.65. The molecular weight excluding hydrogens is 206 g/mol. The molecule has 0 saturated carbocycles. The van der Waals surface area contributed by atoms with Crippen LogP contribution in [0.15, 0.2) is 0 Å². The van der Waals surface area contributed by atoms with E-state index in [1.54, 1.807) is 16.8 Å². The Balaban J connectivity index is 2.25. The van der Waals surface area contributed by atoms with Gasteiger partial charge in [0.25, 0.3) is 0 Å². The summed E-state index contributed by atoms with van der Waals surface area (Å²) in [5.74, 6) is 0.142. The largest absolute Gasteiger partial charge is 0.344 e. The molecule has 0 aromatic rings. The van der Waals surface area contributed by atoms with Gasteiger partial charge in [-0.2, -0.15) is 0 Å². The molecule has 0 spiro atoms. The third kappa shape index (κ3) is 3.81. The van der Waals surface area contributed by atoms with Crippen molar-refractivity contribution in [3.63, 3.8) is 0 Å². The van der Waals surface area contributed by atoms with Crippen LogP contribution in [0.2, 0.25) is 0 Å². The van der Waals surface area contributed by atoms with E-state index in [4.69, 9.17) is 0 Å². The van der Waals surface area contributed by atoms with Crippen LogP contribution in [0.5, 0.6) is 0 Å². The standard InChI is InChI=1S/C11H21N3O2/c1-12-6-4-7-13(2)11(16)9-14-8-3-5-10(14)15/h12H,3-9H2,1-2H3. The average Bonchev–Trinajstić information content (AvgIpc) is 2.64. The van der Waals surface area contributed by atoms with E-state index < -0.39 is 0 Å². The molecule has 0 aliphatic carbocycles. The molecule has 1 saturated heterocycles. The van der Waals surface area contributed by atoms with Gasteiger partial charge in [0, 0.05) is 26.6 Å². The summed E-state index contributed by atoms with van der Waals surface area (Å²) in [6, 6.07) is 0. The Morgan fingerprint density at radius 1 is 1.56 bits per heavy atom. The van der Waals surface area contributed by atoms with Crippen molar-refractivity contribution in [3.05, 3.63) is 0 Å². The maximum absolute atomic E-state index is 11.8. The highest BCUT2D eigenvalue weighted by atomic mass is 16.2. The van der Waals surface area contributed by atoms with E-state index in [9.17, 15) is 9.59 Å². The minimum Gasteiger partial charge on any atom is -0.344 e. The first-order valence-electron chi connectivity index (χ1n) is 5.81. The van der Waals surface area contributed by atoms with E-state index in [1.807, 2.05) is 7.05 Å². The number of likely N-dealkylation sites (tertiary alicyclic amines) is 1. The van der Waals surface area contributed by atoms with Crippen molar-refractivity contribution in [2.75, 3.05) is 40.3 Å². The number of hydrogen-bond donors (Lipinski definition) is 1. The molecule has 1 heterocycles. The van der Waals surface area contributed by atoms with Crippen molar-refractivity contribution in [1.29, 1.82) is 0 Å². The van der Waals surface area contributed by atoms with Crippen LogP contribution >= 0.6 is 0 Å². The summed E-state index contributed by atoms with van der Waals surface area (Å²) >= 11 is 0. The third-order valence-corrected chi connectivity index (χ3v) is 2.84. The lowest BCUT2D eigenvalue weighted by atomic mass is 10.3. The lowest BCUT2D eigenvalue weighted by Gasteiger charge is -2.21. The van der Waals surface area contributed by atoms with Crippen LogP contribution in [0.3, 0.4) is 0 Å². The summed E-state index contributed by atoms with van der Waals surface area (Å²) in [7, 11) is 3.68. The highest BCUT2D eigenvalue weighted by molar-refractivity contribution is 5.85. The van der Waals surface area contributed by atoms with Crippen molar-refractivity contribution in [2.24, 2.45) is 0 Å². The van der Waals surface area contributed by atoms with Crippen LogP contribution < -0.4 is 5.32 Å². The fourth-order valence-electron chi connectivity index (χ4n) is 1.77. The van der Waals surface area contributed by atoms with E-state index in [0.717, 1.165) is 32.5 Å². The normalized spacial score (nSPS) is 15.6. The van der Waals surface area contributed by atoms with E-state index in [0.29, 0.717) is 6.42 Å². The minimum atomic E-state index is 0.0337. The number of rotatable bonds is 6. The number of carbonyl (C=O) groups excluding carboxylic acids is 2. The first kappa shape index (κ1) is 13.0. The second-order valence-electron chi connectivity index (χ2n) is 4.19. The van der Waals surface area contributed by atoms with Gasteiger partial charge < -0.3 is 15.1 Å².